The minimum absolute atomic E-state index is 0.00562. The van der Waals surface area contributed by atoms with Crippen LogP contribution in [0, 0.1) is 29.1 Å². The minimum atomic E-state index is 0.00562. The topological polar surface area (TPSA) is 26.0 Å². The lowest BCUT2D eigenvalue weighted by molar-refractivity contribution is -0.0967. The lowest BCUT2D eigenvalue weighted by atomic mass is 9.45. The SMILES string of the molecule is CC(C(C)(C)N)C12CC3CC(CC(C3)C1)C2. The fourth-order valence-corrected chi connectivity index (χ4v) is 5.50. The van der Waals surface area contributed by atoms with Gasteiger partial charge in [0.05, 0.1) is 0 Å². The smallest absolute Gasteiger partial charge is 0.0128 e. The molecule has 4 rings (SSSR count). The maximum absolute atomic E-state index is 6.40. The summed E-state index contributed by atoms with van der Waals surface area (Å²) in [7, 11) is 0. The Morgan fingerprint density at radius 1 is 1.00 bits per heavy atom. The van der Waals surface area contributed by atoms with Gasteiger partial charge in [0.2, 0.25) is 0 Å². The highest BCUT2D eigenvalue weighted by molar-refractivity contribution is 5.06. The molecule has 4 fully saturated rings. The van der Waals surface area contributed by atoms with Gasteiger partial charge in [-0.05, 0) is 81.5 Å². The van der Waals surface area contributed by atoms with Gasteiger partial charge in [-0.2, -0.15) is 0 Å². The van der Waals surface area contributed by atoms with Crippen molar-refractivity contribution in [2.75, 3.05) is 0 Å². The van der Waals surface area contributed by atoms with E-state index in [0.29, 0.717) is 11.3 Å². The Balaban J connectivity index is 1.88. The van der Waals surface area contributed by atoms with E-state index in [1.165, 1.54) is 38.5 Å². The van der Waals surface area contributed by atoms with Crippen LogP contribution in [0.1, 0.15) is 59.3 Å². The summed E-state index contributed by atoms with van der Waals surface area (Å²) in [6, 6.07) is 0. The maximum atomic E-state index is 6.40. The van der Waals surface area contributed by atoms with Gasteiger partial charge in [0.15, 0.2) is 0 Å². The van der Waals surface area contributed by atoms with Crippen molar-refractivity contribution in [3.8, 4) is 0 Å². The molecule has 4 aliphatic rings. The van der Waals surface area contributed by atoms with Crippen LogP contribution < -0.4 is 5.73 Å². The summed E-state index contributed by atoms with van der Waals surface area (Å²) in [6.07, 6.45) is 9.08. The third-order valence-electron chi connectivity index (χ3n) is 6.12. The van der Waals surface area contributed by atoms with Crippen molar-refractivity contribution in [1.82, 2.24) is 0 Å². The molecule has 92 valence electrons. The molecule has 1 unspecified atom stereocenters. The van der Waals surface area contributed by atoms with E-state index < -0.39 is 0 Å². The van der Waals surface area contributed by atoms with Gasteiger partial charge in [-0.15, -0.1) is 0 Å². The van der Waals surface area contributed by atoms with E-state index in [0.717, 1.165) is 17.8 Å². The molecule has 0 radical (unpaired) electrons. The van der Waals surface area contributed by atoms with Gasteiger partial charge in [-0.1, -0.05) is 6.92 Å². The molecule has 0 aromatic heterocycles. The lowest BCUT2D eigenvalue weighted by Crippen LogP contribution is -2.56. The van der Waals surface area contributed by atoms with Crippen molar-refractivity contribution >= 4 is 0 Å². The summed E-state index contributed by atoms with van der Waals surface area (Å²) >= 11 is 0. The van der Waals surface area contributed by atoms with E-state index in [1.807, 2.05) is 0 Å². The van der Waals surface area contributed by atoms with Gasteiger partial charge in [-0.25, -0.2) is 0 Å². The summed E-state index contributed by atoms with van der Waals surface area (Å²) in [5.41, 5.74) is 7.02. The van der Waals surface area contributed by atoms with E-state index in [2.05, 4.69) is 20.8 Å². The first-order chi connectivity index (χ1) is 7.39. The summed E-state index contributed by atoms with van der Waals surface area (Å²) in [6.45, 7) is 6.89. The van der Waals surface area contributed by atoms with Crippen LogP contribution in [0.2, 0.25) is 0 Å². The van der Waals surface area contributed by atoms with Crippen molar-refractivity contribution in [3.05, 3.63) is 0 Å². The Morgan fingerprint density at radius 2 is 1.38 bits per heavy atom. The molecule has 0 amide bonds. The Kier molecular flexibility index (Phi) is 2.25. The molecule has 0 aromatic rings. The highest BCUT2D eigenvalue weighted by Crippen LogP contribution is 2.63. The van der Waals surface area contributed by atoms with Crippen LogP contribution in [0.3, 0.4) is 0 Å². The molecule has 0 spiro atoms. The van der Waals surface area contributed by atoms with Crippen LogP contribution >= 0.6 is 0 Å². The average molecular weight is 221 g/mol. The second kappa shape index (κ2) is 3.25. The Morgan fingerprint density at radius 3 is 1.69 bits per heavy atom. The van der Waals surface area contributed by atoms with E-state index in [4.69, 9.17) is 5.73 Å². The standard InChI is InChI=1S/C15H27N/c1-10(14(2,3)16)15-7-11-4-12(8-15)6-13(5-11)9-15/h10-13H,4-9,16H2,1-3H3. The summed E-state index contributed by atoms with van der Waals surface area (Å²) in [5.74, 6) is 3.84. The van der Waals surface area contributed by atoms with E-state index in [-0.39, 0.29) is 5.54 Å². The van der Waals surface area contributed by atoms with Crippen LogP contribution in [0.15, 0.2) is 0 Å². The largest absolute Gasteiger partial charge is 0.325 e. The van der Waals surface area contributed by atoms with Gasteiger partial charge >= 0.3 is 0 Å². The summed E-state index contributed by atoms with van der Waals surface area (Å²) in [5, 5.41) is 0. The molecule has 0 heterocycles. The first kappa shape index (κ1) is 11.1. The molecule has 1 heteroatoms. The fourth-order valence-electron chi connectivity index (χ4n) is 5.50. The number of nitrogens with two attached hydrogens (primary N) is 1. The van der Waals surface area contributed by atoms with Crippen LogP contribution in [-0.2, 0) is 0 Å². The molecular formula is C15H27N. The van der Waals surface area contributed by atoms with E-state index in [1.54, 1.807) is 0 Å². The first-order valence-electron chi connectivity index (χ1n) is 7.18. The molecule has 0 saturated heterocycles. The molecule has 0 aromatic carbocycles. The molecule has 1 nitrogen and oxygen atoms in total. The van der Waals surface area contributed by atoms with Crippen molar-refractivity contribution < 1.29 is 0 Å². The Labute approximate surface area is 100 Å². The zero-order chi connectivity index (χ0) is 11.6. The quantitative estimate of drug-likeness (QED) is 0.758. The zero-order valence-corrected chi connectivity index (χ0v) is 11.1. The second-order valence-electron chi connectivity index (χ2n) is 7.82. The molecular weight excluding hydrogens is 194 g/mol. The van der Waals surface area contributed by atoms with Crippen molar-refractivity contribution in [2.45, 2.75) is 64.8 Å². The third kappa shape index (κ3) is 1.54. The van der Waals surface area contributed by atoms with Crippen molar-refractivity contribution in [1.29, 1.82) is 0 Å². The highest BCUT2D eigenvalue weighted by atomic mass is 14.8. The second-order valence-corrected chi connectivity index (χ2v) is 7.82. The number of hydrogen-bond donors (Lipinski definition) is 1. The average Bonchev–Trinajstić information content (AvgIpc) is 2.12. The monoisotopic (exact) mass is 221 g/mol. The Bertz CT molecular complexity index is 251. The van der Waals surface area contributed by atoms with Crippen molar-refractivity contribution in [2.24, 2.45) is 34.8 Å². The third-order valence-corrected chi connectivity index (χ3v) is 6.12. The summed E-state index contributed by atoms with van der Waals surface area (Å²) in [4.78, 5) is 0. The van der Waals surface area contributed by atoms with Gasteiger partial charge in [0, 0.05) is 5.54 Å². The Hall–Kier alpha value is -0.0400. The molecule has 4 bridgehead atoms. The number of rotatable bonds is 2. The van der Waals surface area contributed by atoms with Crippen LogP contribution in [0.5, 0.6) is 0 Å². The summed E-state index contributed by atoms with van der Waals surface area (Å²) < 4.78 is 0. The molecule has 4 saturated carbocycles. The van der Waals surface area contributed by atoms with Crippen LogP contribution in [-0.4, -0.2) is 5.54 Å². The van der Waals surface area contributed by atoms with E-state index >= 15 is 0 Å². The predicted molar refractivity (Wildman–Crippen MR) is 68.0 cm³/mol. The molecule has 16 heavy (non-hydrogen) atoms. The minimum Gasteiger partial charge on any atom is -0.325 e. The van der Waals surface area contributed by atoms with Crippen LogP contribution in [0.4, 0.5) is 0 Å². The maximum Gasteiger partial charge on any atom is 0.0128 e. The molecule has 1 atom stereocenters. The first-order valence-corrected chi connectivity index (χ1v) is 7.18. The molecule has 2 N–H and O–H groups in total. The predicted octanol–water partition coefficient (Wildman–Crippen LogP) is 3.58. The normalized spacial score (nSPS) is 48.4. The van der Waals surface area contributed by atoms with Gasteiger partial charge in [-0.3, -0.25) is 0 Å². The fraction of sp³-hybridized carbons (Fsp3) is 1.00. The van der Waals surface area contributed by atoms with Crippen LogP contribution in [0.25, 0.3) is 0 Å². The van der Waals surface area contributed by atoms with Crippen molar-refractivity contribution in [3.63, 3.8) is 0 Å². The molecule has 0 aliphatic heterocycles. The van der Waals surface area contributed by atoms with Gasteiger partial charge in [0.1, 0.15) is 0 Å². The van der Waals surface area contributed by atoms with Gasteiger partial charge < -0.3 is 5.73 Å². The lowest BCUT2D eigenvalue weighted by Gasteiger charge is -2.61. The van der Waals surface area contributed by atoms with E-state index in [9.17, 15) is 0 Å². The van der Waals surface area contributed by atoms with Gasteiger partial charge in [0.25, 0.3) is 0 Å². The number of hydrogen-bond acceptors (Lipinski definition) is 1. The molecule has 4 aliphatic carbocycles. The highest BCUT2D eigenvalue weighted by Gasteiger charge is 2.54. The zero-order valence-electron chi connectivity index (χ0n) is 11.1.